The van der Waals surface area contributed by atoms with Gasteiger partial charge in [0.05, 0.1) is 0 Å². The number of nitrogens with zero attached hydrogens (tertiary/aromatic N) is 1. The van der Waals surface area contributed by atoms with Crippen molar-refractivity contribution in [3.63, 3.8) is 0 Å². The molecule has 1 unspecified atom stereocenters. The molecule has 1 aromatic rings. The predicted octanol–water partition coefficient (Wildman–Crippen LogP) is 2.41. The number of anilines is 1. The van der Waals surface area contributed by atoms with Gasteiger partial charge in [-0.25, -0.2) is 0 Å². The molecule has 0 bridgehead atoms. The van der Waals surface area contributed by atoms with Crippen LogP contribution in [0.1, 0.15) is 43.0 Å². The molecule has 5 nitrogen and oxygen atoms in total. The van der Waals surface area contributed by atoms with E-state index < -0.39 is 0 Å². The van der Waals surface area contributed by atoms with Crippen LogP contribution in [0.5, 0.6) is 0 Å². The summed E-state index contributed by atoms with van der Waals surface area (Å²) in [6.45, 7) is 3.56. The molecule has 0 aromatic heterocycles. The Morgan fingerprint density at radius 2 is 1.82 bits per heavy atom. The van der Waals surface area contributed by atoms with Crippen molar-refractivity contribution >= 4 is 29.9 Å². The Hall–Kier alpha value is -1.59. The van der Waals surface area contributed by atoms with Gasteiger partial charge >= 0.3 is 0 Å². The summed E-state index contributed by atoms with van der Waals surface area (Å²) in [6, 6.07) is 7.10. The van der Waals surface area contributed by atoms with E-state index in [2.05, 4.69) is 5.32 Å². The highest BCUT2D eigenvalue weighted by molar-refractivity contribution is 5.96. The maximum atomic E-state index is 12.2. The Labute approximate surface area is 137 Å². The number of hydrogen-bond acceptors (Lipinski definition) is 3. The third-order valence-electron chi connectivity index (χ3n) is 3.64. The number of nitrogens with one attached hydrogen (secondary N) is 1. The number of carbonyl (C=O) groups excluding carboxylic acids is 2. The second kappa shape index (κ2) is 8.76. The Morgan fingerprint density at radius 1 is 1.23 bits per heavy atom. The van der Waals surface area contributed by atoms with Gasteiger partial charge in [0.25, 0.3) is 5.91 Å². The molecular weight excluding hydrogens is 302 g/mol. The molecule has 22 heavy (non-hydrogen) atoms. The second-order valence-electron chi connectivity index (χ2n) is 5.64. The summed E-state index contributed by atoms with van der Waals surface area (Å²) in [5, 5.41) is 2.81. The zero-order chi connectivity index (χ0) is 15.2. The van der Waals surface area contributed by atoms with Gasteiger partial charge in [-0.3, -0.25) is 9.59 Å². The summed E-state index contributed by atoms with van der Waals surface area (Å²) in [6.07, 6.45) is 3.24. The summed E-state index contributed by atoms with van der Waals surface area (Å²) in [7, 11) is 0. The standard InChI is InChI=1S/C16H23N3O2.ClH/c1-12(17)4-9-15(20)18-14-7-5-13(6-8-14)16(21)19-10-2-3-11-19;/h5-8,12H,2-4,9-11,17H2,1H3,(H,18,20);1H. The summed E-state index contributed by atoms with van der Waals surface area (Å²) < 4.78 is 0. The molecule has 1 aliphatic rings. The van der Waals surface area contributed by atoms with E-state index in [4.69, 9.17) is 5.73 Å². The van der Waals surface area contributed by atoms with E-state index in [0.29, 0.717) is 24.1 Å². The lowest BCUT2D eigenvalue weighted by Crippen LogP contribution is -2.27. The Balaban J connectivity index is 0.00000242. The molecule has 1 aromatic carbocycles. The number of amides is 2. The van der Waals surface area contributed by atoms with Crippen molar-refractivity contribution in [3.05, 3.63) is 29.8 Å². The Kier molecular flexibility index (Phi) is 7.35. The molecule has 0 spiro atoms. The topological polar surface area (TPSA) is 75.4 Å². The number of likely N-dealkylation sites (tertiary alicyclic amines) is 1. The van der Waals surface area contributed by atoms with Gasteiger partial charge in [0.15, 0.2) is 0 Å². The first-order valence-electron chi connectivity index (χ1n) is 7.51. The average molecular weight is 326 g/mol. The maximum absolute atomic E-state index is 12.2. The molecule has 2 amide bonds. The van der Waals surface area contributed by atoms with Crippen LogP contribution in [0.15, 0.2) is 24.3 Å². The summed E-state index contributed by atoms with van der Waals surface area (Å²) >= 11 is 0. The first kappa shape index (κ1) is 18.5. The zero-order valence-electron chi connectivity index (χ0n) is 12.9. The molecule has 0 saturated carbocycles. The van der Waals surface area contributed by atoms with Gasteiger partial charge < -0.3 is 16.0 Å². The second-order valence-corrected chi connectivity index (χ2v) is 5.64. The minimum atomic E-state index is -0.0501. The van der Waals surface area contributed by atoms with Gasteiger partial charge in [-0.15, -0.1) is 12.4 Å². The molecule has 2 rings (SSSR count). The molecule has 0 radical (unpaired) electrons. The van der Waals surface area contributed by atoms with E-state index in [9.17, 15) is 9.59 Å². The lowest BCUT2D eigenvalue weighted by atomic mass is 10.1. The normalized spacial score (nSPS) is 15.1. The van der Waals surface area contributed by atoms with E-state index in [1.165, 1.54) is 0 Å². The largest absolute Gasteiger partial charge is 0.339 e. The van der Waals surface area contributed by atoms with Crippen LogP contribution in [-0.4, -0.2) is 35.8 Å². The summed E-state index contributed by atoms with van der Waals surface area (Å²) in [4.78, 5) is 25.8. The van der Waals surface area contributed by atoms with E-state index in [1.807, 2.05) is 11.8 Å². The minimum absolute atomic E-state index is 0. The van der Waals surface area contributed by atoms with Crippen molar-refractivity contribution in [3.8, 4) is 0 Å². The molecule has 0 aliphatic carbocycles. The Bertz CT molecular complexity index is 497. The molecule has 122 valence electrons. The molecule has 6 heteroatoms. The number of hydrogen-bond donors (Lipinski definition) is 2. The van der Waals surface area contributed by atoms with Crippen molar-refractivity contribution in [2.75, 3.05) is 18.4 Å². The molecule has 3 N–H and O–H groups in total. The van der Waals surface area contributed by atoms with E-state index in [0.717, 1.165) is 25.9 Å². The highest BCUT2D eigenvalue weighted by Gasteiger charge is 2.19. The van der Waals surface area contributed by atoms with E-state index >= 15 is 0 Å². The SMILES string of the molecule is CC(N)CCC(=O)Nc1ccc(C(=O)N2CCCC2)cc1.Cl. The number of benzene rings is 1. The van der Waals surface area contributed by atoms with Crippen LogP contribution in [0.4, 0.5) is 5.69 Å². The van der Waals surface area contributed by atoms with Crippen molar-refractivity contribution in [1.82, 2.24) is 4.90 Å². The lowest BCUT2D eigenvalue weighted by molar-refractivity contribution is -0.116. The van der Waals surface area contributed by atoms with E-state index in [1.54, 1.807) is 24.3 Å². The molecule has 1 fully saturated rings. The third-order valence-corrected chi connectivity index (χ3v) is 3.64. The first-order chi connectivity index (χ1) is 10.1. The van der Waals surface area contributed by atoms with Crippen LogP contribution in [0.2, 0.25) is 0 Å². The van der Waals surface area contributed by atoms with Crippen LogP contribution in [0, 0.1) is 0 Å². The molecule has 1 aliphatic heterocycles. The van der Waals surface area contributed by atoms with Gasteiger partial charge in [0.1, 0.15) is 0 Å². The van der Waals surface area contributed by atoms with E-state index in [-0.39, 0.29) is 30.3 Å². The summed E-state index contributed by atoms with van der Waals surface area (Å²) in [5.74, 6) is 0.0215. The minimum Gasteiger partial charge on any atom is -0.339 e. The van der Waals surface area contributed by atoms with Crippen LogP contribution in [0.3, 0.4) is 0 Å². The van der Waals surface area contributed by atoms with Gasteiger partial charge in [-0.05, 0) is 50.5 Å². The lowest BCUT2D eigenvalue weighted by Gasteiger charge is -2.15. The number of rotatable bonds is 5. The molecule has 1 heterocycles. The first-order valence-corrected chi connectivity index (χ1v) is 7.51. The van der Waals surface area contributed by atoms with Crippen LogP contribution in [0.25, 0.3) is 0 Å². The highest BCUT2D eigenvalue weighted by Crippen LogP contribution is 2.15. The number of carbonyl (C=O) groups is 2. The fraction of sp³-hybridized carbons (Fsp3) is 0.500. The Morgan fingerprint density at radius 3 is 2.36 bits per heavy atom. The van der Waals surface area contributed by atoms with Gasteiger partial charge in [0.2, 0.25) is 5.91 Å². The quantitative estimate of drug-likeness (QED) is 0.873. The van der Waals surface area contributed by atoms with Crippen molar-refractivity contribution < 1.29 is 9.59 Å². The predicted molar refractivity (Wildman–Crippen MR) is 90.3 cm³/mol. The smallest absolute Gasteiger partial charge is 0.253 e. The summed E-state index contributed by atoms with van der Waals surface area (Å²) in [5.41, 5.74) is 7.01. The average Bonchev–Trinajstić information content (AvgIpc) is 2.99. The van der Waals surface area contributed by atoms with Gasteiger partial charge in [0, 0.05) is 36.8 Å². The van der Waals surface area contributed by atoms with Gasteiger partial charge in [-0.2, -0.15) is 0 Å². The third kappa shape index (κ3) is 5.31. The van der Waals surface area contributed by atoms with Crippen molar-refractivity contribution in [2.45, 2.75) is 38.6 Å². The fourth-order valence-corrected chi connectivity index (χ4v) is 2.38. The zero-order valence-corrected chi connectivity index (χ0v) is 13.7. The monoisotopic (exact) mass is 325 g/mol. The van der Waals surface area contributed by atoms with Gasteiger partial charge in [-0.1, -0.05) is 0 Å². The maximum Gasteiger partial charge on any atom is 0.253 e. The van der Waals surface area contributed by atoms with Crippen LogP contribution >= 0.6 is 12.4 Å². The van der Waals surface area contributed by atoms with Crippen LogP contribution < -0.4 is 11.1 Å². The fourth-order valence-electron chi connectivity index (χ4n) is 2.38. The number of halogens is 1. The highest BCUT2D eigenvalue weighted by atomic mass is 35.5. The molecular formula is C16H24ClN3O2. The molecule has 1 atom stereocenters. The van der Waals surface area contributed by atoms with Crippen molar-refractivity contribution in [2.24, 2.45) is 5.73 Å². The molecule has 1 saturated heterocycles. The number of nitrogens with two attached hydrogens (primary N) is 1. The van der Waals surface area contributed by atoms with Crippen LogP contribution in [-0.2, 0) is 4.79 Å². The van der Waals surface area contributed by atoms with Crippen molar-refractivity contribution in [1.29, 1.82) is 0 Å².